The Morgan fingerprint density at radius 2 is 2.25 bits per heavy atom. The van der Waals surface area contributed by atoms with E-state index in [-0.39, 0.29) is 17.9 Å². The fourth-order valence-electron chi connectivity index (χ4n) is 1.82. The Morgan fingerprint density at radius 3 is 2.81 bits per heavy atom. The van der Waals surface area contributed by atoms with Crippen LogP contribution in [0.3, 0.4) is 0 Å². The first-order chi connectivity index (χ1) is 7.66. The molecule has 0 saturated carbocycles. The second kappa shape index (κ2) is 4.78. The van der Waals surface area contributed by atoms with Crippen LogP contribution in [0.2, 0.25) is 0 Å². The molecule has 0 spiro atoms. The number of carbonyl (C=O) groups is 1. The molecule has 0 radical (unpaired) electrons. The molecule has 1 amide bonds. The number of nitrogens with one attached hydrogen (secondary N) is 1. The number of aromatic nitrogens is 1. The highest BCUT2D eigenvalue weighted by Gasteiger charge is 2.21. The smallest absolute Gasteiger partial charge is 0.224 e. The average Bonchev–Trinajstić information content (AvgIpc) is 2.87. The van der Waals surface area contributed by atoms with Crippen molar-refractivity contribution >= 4 is 17.2 Å². The maximum atomic E-state index is 11.9. The second-order valence-electron chi connectivity index (χ2n) is 4.16. The first-order valence-electron chi connectivity index (χ1n) is 5.54. The van der Waals surface area contributed by atoms with Crippen molar-refractivity contribution < 1.29 is 4.79 Å². The van der Waals surface area contributed by atoms with Gasteiger partial charge in [-0.3, -0.25) is 4.79 Å². The van der Waals surface area contributed by atoms with Crippen LogP contribution in [0, 0.1) is 12.8 Å². The van der Waals surface area contributed by atoms with E-state index >= 15 is 0 Å². The lowest BCUT2D eigenvalue weighted by Gasteiger charge is -2.15. The molecule has 4 heteroatoms. The summed E-state index contributed by atoms with van der Waals surface area (Å²) in [4.78, 5) is 16.2. The zero-order chi connectivity index (χ0) is 11.5. The van der Waals surface area contributed by atoms with E-state index in [0.29, 0.717) is 0 Å². The lowest BCUT2D eigenvalue weighted by atomic mass is 10.1. The molecular formula is C12H16N2OS. The van der Waals surface area contributed by atoms with Crippen molar-refractivity contribution in [1.82, 2.24) is 10.3 Å². The van der Waals surface area contributed by atoms with Gasteiger partial charge in [-0.1, -0.05) is 12.2 Å². The molecule has 0 aromatic carbocycles. The molecule has 86 valence electrons. The van der Waals surface area contributed by atoms with Gasteiger partial charge in [0.15, 0.2) is 0 Å². The molecule has 1 atom stereocenters. The molecule has 0 aliphatic heterocycles. The number of hydrogen-bond donors (Lipinski definition) is 1. The fraction of sp³-hybridized carbons (Fsp3) is 0.500. The van der Waals surface area contributed by atoms with Gasteiger partial charge in [0.05, 0.1) is 16.7 Å². The molecule has 1 N–H and O–H groups in total. The number of aryl methyl sites for hydroxylation is 1. The third-order valence-corrected chi connectivity index (χ3v) is 3.61. The highest BCUT2D eigenvalue weighted by Crippen LogP contribution is 2.20. The highest BCUT2D eigenvalue weighted by atomic mass is 32.1. The second-order valence-corrected chi connectivity index (χ2v) is 5.22. The topological polar surface area (TPSA) is 42.0 Å². The maximum absolute atomic E-state index is 11.9. The van der Waals surface area contributed by atoms with Crippen LogP contribution in [0.1, 0.15) is 36.5 Å². The standard InChI is InChI=1S/C12H16N2OS/c1-8(11-7-16-9(2)14-11)13-12(15)10-5-3-4-6-10/h3-4,7-8,10H,5-6H2,1-2H3,(H,13,15)/t8-/m1/s1. The van der Waals surface area contributed by atoms with Gasteiger partial charge in [-0.25, -0.2) is 4.98 Å². The minimum Gasteiger partial charge on any atom is -0.348 e. The minimum atomic E-state index is 0.0121. The number of allylic oxidation sites excluding steroid dienone is 2. The third-order valence-electron chi connectivity index (χ3n) is 2.82. The van der Waals surface area contributed by atoms with E-state index in [9.17, 15) is 4.79 Å². The van der Waals surface area contributed by atoms with E-state index in [4.69, 9.17) is 0 Å². The molecule has 3 nitrogen and oxygen atoms in total. The van der Waals surface area contributed by atoms with E-state index in [1.807, 2.05) is 19.2 Å². The number of rotatable bonds is 3. The molecule has 0 bridgehead atoms. The van der Waals surface area contributed by atoms with Crippen molar-refractivity contribution in [3.05, 3.63) is 28.2 Å². The first-order valence-corrected chi connectivity index (χ1v) is 6.42. The molecule has 1 aliphatic rings. The summed E-state index contributed by atoms with van der Waals surface area (Å²) < 4.78 is 0. The van der Waals surface area contributed by atoms with Gasteiger partial charge < -0.3 is 5.32 Å². The molecule has 16 heavy (non-hydrogen) atoms. The van der Waals surface area contributed by atoms with E-state index in [1.54, 1.807) is 11.3 Å². The summed E-state index contributed by atoms with van der Waals surface area (Å²) >= 11 is 1.62. The monoisotopic (exact) mass is 236 g/mol. The molecule has 2 rings (SSSR count). The Kier molecular flexibility index (Phi) is 3.39. The van der Waals surface area contributed by atoms with Gasteiger partial charge in [0.25, 0.3) is 0 Å². The Hall–Kier alpha value is -1.16. The quantitative estimate of drug-likeness (QED) is 0.820. The molecule has 1 heterocycles. The largest absolute Gasteiger partial charge is 0.348 e. The summed E-state index contributed by atoms with van der Waals surface area (Å²) in [5.74, 6) is 0.269. The summed E-state index contributed by atoms with van der Waals surface area (Å²) in [5.41, 5.74) is 0.960. The Balaban J connectivity index is 1.91. The van der Waals surface area contributed by atoms with Crippen LogP contribution in [-0.4, -0.2) is 10.9 Å². The summed E-state index contributed by atoms with van der Waals surface area (Å²) in [7, 11) is 0. The lowest BCUT2D eigenvalue weighted by molar-refractivity contribution is -0.125. The summed E-state index contributed by atoms with van der Waals surface area (Å²) in [5, 5.41) is 6.06. The zero-order valence-corrected chi connectivity index (χ0v) is 10.4. The summed E-state index contributed by atoms with van der Waals surface area (Å²) in [6.07, 6.45) is 5.88. The van der Waals surface area contributed by atoms with E-state index in [1.165, 1.54) is 0 Å². The highest BCUT2D eigenvalue weighted by molar-refractivity contribution is 7.09. The van der Waals surface area contributed by atoms with Crippen molar-refractivity contribution in [1.29, 1.82) is 0 Å². The van der Waals surface area contributed by atoms with Crippen molar-refractivity contribution in [3.63, 3.8) is 0 Å². The van der Waals surface area contributed by atoms with Crippen LogP contribution in [-0.2, 0) is 4.79 Å². The van der Waals surface area contributed by atoms with Crippen molar-refractivity contribution in [2.45, 2.75) is 32.7 Å². The van der Waals surface area contributed by atoms with Crippen LogP contribution in [0.5, 0.6) is 0 Å². The Labute approximate surface area is 99.6 Å². The molecule has 1 aromatic heterocycles. The van der Waals surface area contributed by atoms with E-state index < -0.39 is 0 Å². The number of amides is 1. The normalized spacial score (nSPS) is 17.6. The van der Waals surface area contributed by atoms with Crippen LogP contribution in [0.25, 0.3) is 0 Å². The summed E-state index contributed by atoms with van der Waals surface area (Å²) in [6.45, 7) is 3.96. The van der Waals surface area contributed by atoms with Crippen molar-refractivity contribution in [3.8, 4) is 0 Å². The van der Waals surface area contributed by atoms with E-state index in [2.05, 4.69) is 22.5 Å². The molecule has 1 aliphatic carbocycles. The Morgan fingerprint density at radius 1 is 1.56 bits per heavy atom. The van der Waals surface area contributed by atoms with Gasteiger partial charge in [0.2, 0.25) is 5.91 Å². The van der Waals surface area contributed by atoms with E-state index in [0.717, 1.165) is 23.5 Å². The fourth-order valence-corrected chi connectivity index (χ4v) is 2.52. The molecule has 0 fully saturated rings. The van der Waals surface area contributed by atoms with Gasteiger partial charge in [-0.15, -0.1) is 11.3 Å². The van der Waals surface area contributed by atoms with Gasteiger partial charge in [-0.05, 0) is 26.7 Å². The van der Waals surface area contributed by atoms with Gasteiger partial charge in [0.1, 0.15) is 0 Å². The molecule has 0 saturated heterocycles. The maximum Gasteiger partial charge on any atom is 0.224 e. The van der Waals surface area contributed by atoms with Crippen LogP contribution in [0.15, 0.2) is 17.5 Å². The molecule has 1 aromatic rings. The predicted octanol–water partition coefficient (Wildman–Crippen LogP) is 2.59. The average molecular weight is 236 g/mol. The third kappa shape index (κ3) is 2.50. The number of hydrogen-bond acceptors (Lipinski definition) is 3. The number of carbonyl (C=O) groups excluding carboxylic acids is 1. The number of thiazole rings is 1. The van der Waals surface area contributed by atoms with Gasteiger partial charge >= 0.3 is 0 Å². The first kappa shape index (κ1) is 11.3. The predicted molar refractivity (Wildman–Crippen MR) is 65.3 cm³/mol. The van der Waals surface area contributed by atoms with Crippen LogP contribution in [0.4, 0.5) is 0 Å². The van der Waals surface area contributed by atoms with Crippen LogP contribution >= 0.6 is 11.3 Å². The molecular weight excluding hydrogens is 220 g/mol. The van der Waals surface area contributed by atoms with Gasteiger partial charge in [-0.2, -0.15) is 0 Å². The SMILES string of the molecule is Cc1nc([C@@H](C)NC(=O)C2CC=CC2)cs1. The van der Waals surface area contributed by atoms with Gasteiger partial charge in [0, 0.05) is 11.3 Å². The summed E-state index contributed by atoms with van der Waals surface area (Å²) in [6, 6.07) is 0.0121. The van der Waals surface area contributed by atoms with Crippen LogP contribution < -0.4 is 5.32 Å². The Bertz CT molecular complexity index is 403. The zero-order valence-electron chi connectivity index (χ0n) is 9.56. The van der Waals surface area contributed by atoms with Crippen molar-refractivity contribution in [2.24, 2.45) is 5.92 Å². The molecule has 0 unspecified atom stereocenters. The number of nitrogens with zero attached hydrogens (tertiary/aromatic N) is 1. The lowest BCUT2D eigenvalue weighted by Crippen LogP contribution is -2.31. The minimum absolute atomic E-state index is 0.0121. The van der Waals surface area contributed by atoms with Crippen molar-refractivity contribution in [2.75, 3.05) is 0 Å².